The quantitative estimate of drug-likeness (QED) is 0.487. The maximum Gasteiger partial charge on any atom is 0.201 e. The first kappa shape index (κ1) is 19.9. The van der Waals surface area contributed by atoms with E-state index in [9.17, 15) is 14.3 Å². The van der Waals surface area contributed by atoms with E-state index in [4.69, 9.17) is 14.4 Å². The van der Waals surface area contributed by atoms with Crippen molar-refractivity contribution in [1.82, 2.24) is 0 Å². The molecule has 0 aliphatic heterocycles. The number of nitriles is 1. The maximum absolute atomic E-state index is 13.7. The Morgan fingerprint density at radius 1 is 1.10 bits per heavy atom. The van der Waals surface area contributed by atoms with Crippen molar-refractivity contribution in [2.75, 3.05) is 7.11 Å². The van der Waals surface area contributed by atoms with Crippen LogP contribution >= 0.6 is 0 Å². The Bertz CT molecular complexity index is 1410. The number of para-hydroxylation sites is 1. The third-order valence-corrected chi connectivity index (χ3v) is 4.85. The van der Waals surface area contributed by atoms with Crippen LogP contribution in [0, 0.1) is 17.1 Å². The van der Waals surface area contributed by atoms with Crippen LogP contribution in [0.5, 0.6) is 11.5 Å². The van der Waals surface area contributed by atoms with Gasteiger partial charge in [0, 0.05) is 11.6 Å². The van der Waals surface area contributed by atoms with Gasteiger partial charge in [-0.3, -0.25) is 4.79 Å². The lowest BCUT2D eigenvalue weighted by Gasteiger charge is -2.09. The Balaban J connectivity index is 1.94. The number of phenolic OH excluding ortho intramolecular Hbond substituents is 1. The zero-order valence-electron chi connectivity index (χ0n) is 16.4. The molecule has 0 saturated carbocycles. The van der Waals surface area contributed by atoms with Crippen LogP contribution in [-0.2, 0) is 0 Å². The molecule has 0 radical (unpaired) electrons. The molecule has 5 nitrogen and oxygen atoms in total. The van der Waals surface area contributed by atoms with E-state index in [2.05, 4.69) is 0 Å². The largest absolute Gasteiger partial charge is 0.504 e. The van der Waals surface area contributed by atoms with E-state index in [0.29, 0.717) is 22.4 Å². The standard InChI is InChI=1S/C25H16FNO4/c1-30-21-4-2-3-17(24(21)28)9-12-20-23(16-7-5-15(14-27)6-8-16)25(29)19-11-10-18(26)13-22(19)31-20/h2-13,28H,1H3. The van der Waals surface area contributed by atoms with E-state index >= 15 is 0 Å². The highest BCUT2D eigenvalue weighted by molar-refractivity contribution is 5.87. The van der Waals surface area contributed by atoms with E-state index in [1.165, 1.54) is 25.3 Å². The van der Waals surface area contributed by atoms with Crippen LogP contribution in [0.1, 0.15) is 16.9 Å². The highest BCUT2D eigenvalue weighted by Crippen LogP contribution is 2.32. The number of fused-ring (bicyclic) bond motifs is 1. The molecule has 0 aliphatic rings. The van der Waals surface area contributed by atoms with E-state index in [1.807, 2.05) is 6.07 Å². The van der Waals surface area contributed by atoms with Gasteiger partial charge in [0.25, 0.3) is 0 Å². The first-order chi connectivity index (χ1) is 15.0. The minimum atomic E-state index is -0.526. The molecule has 0 aliphatic carbocycles. The summed E-state index contributed by atoms with van der Waals surface area (Å²) in [4.78, 5) is 13.2. The smallest absolute Gasteiger partial charge is 0.201 e. The van der Waals surface area contributed by atoms with Gasteiger partial charge in [0.2, 0.25) is 5.43 Å². The maximum atomic E-state index is 13.7. The Labute approximate surface area is 176 Å². The summed E-state index contributed by atoms with van der Waals surface area (Å²) in [5, 5.41) is 19.6. The molecular weight excluding hydrogens is 397 g/mol. The van der Waals surface area contributed by atoms with Crippen LogP contribution in [0.3, 0.4) is 0 Å². The molecule has 1 aromatic heterocycles. The summed E-state index contributed by atoms with van der Waals surface area (Å²) in [6.45, 7) is 0. The predicted molar refractivity (Wildman–Crippen MR) is 116 cm³/mol. The molecular formula is C25H16FNO4. The second kappa shape index (κ2) is 8.17. The van der Waals surface area contributed by atoms with Crippen LogP contribution in [0.25, 0.3) is 34.2 Å². The topological polar surface area (TPSA) is 83.5 Å². The Morgan fingerprint density at radius 3 is 2.58 bits per heavy atom. The van der Waals surface area contributed by atoms with Crippen molar-refractivity contribution in [1.29, 1.82) is 5.26 Å². The minimum Gasteiger partial charge on any atom is -0.504 e. The van der Waals surface area contributed by atoms with Gasteiger partial charge < -0.3 is 14.3 Å². The van der Waals surface area contributed by atoms with E-state index in [0.717, 1.165) is 6.07 Å². The lowest BCUT2D eigenvalue weighted by atomic mass is 10.00. The van der Waals surface area contributed by atoms with Crippen molar-refractivity contribution in [3.63, 3.8) is 0 Å². The van der Waals surface area contributed by atoms with Gasteiger partial charge in [0.15, 0.2) is 11.5 Å². The monoisotopic (exact) mass is 413 g/mol. The van der Waals surface area contributed by atoms with Crippen LogP contribution in [-0.4, -0.2) is 12.2 Å². The number of hydrogen-bond donors (Lipinski definition) is 1. The zero-order valence-corrected chi connectivity index (χ0v) is 16.4. The molecule has 6 heteroatoms. The SMILES string of the molecule is COc1cccc(C=Cc2oc3cc(F)ccc3c(=O)c2-c2ccc(C#N)cc2)c1O. The fraction of sp³-hybridized carbons (Fsp3) is 0.0400. The molecule has 0 unspecified atom stereocenters. The molecule has 0 atom stereocenters. The molecule has 1 heterocycles. The van der Waals surface area contributed by atoms with Crippen LogP contribution < -0.4 is 10.2 Å². The summed E-state index contributed by atoms with van der Waals surface area (Å²) in [6.07, 6.45) is 3.11. The molecule has 4 rings (SSSR count). The number of nitrogens with zero attached hydrogens (tertiary/aromatic N) is 1. The number of halogens is 1. The normalized spacial score (nSPS) is 11.0. The molecule has 0 spiro atoms. The van der Waals surface area contributed by atoms with Gasteiger partial charge >= 0.3 is 0 Å². The van der Waals surface area contributed by atoms with Crippen LogP contribution in [0.2, 0.25) is 0 Å². The number of ether oxygens (including phenoxy) is 1. The molecule has 0 saturated heterocycles. The number of benzene rings is 3. The molecule has 0 bridgehead atoms. The van der Waals surface area contributed by atoms with Crippen molar-refractivity contribution < 1.29 is 18.7 Å². The number of rotatable bonds is 4. The highest BCUT2D eigenvalue weighted by Gasteiger charge is 2.16. The number of aromatic hydroxyl groups is 1. The number of methoxy groups -OCH3 is 1. The van der Waals surface area contributed by atoms with Crippen molar-refractivity contribution in [3.8, 4) is 28.7 Å². The predicted octanol–water partition coefficient (Wildman–Crippen LogP) is 5.36. The van der Waals surface area contributed by atoms with Crippen molar-refractivity contribution >= 4 is 23.1 Å². The Kier molecular flexibility index (Phi) is 5.25. The van der Waals surface area contributed by atoms with E-state index in [1.54, 1.807) is 48.5 Å². The summed E-state index contributed by atoms with van der Waals surface area (Å²) in [7, 11) is 1.45. The lowest BCUT2D eigenvalue weighted by Crippen LogP contribution is -2.07. The summed E-state index contributed by atoms with van der Waals surface area (Å²) in [5.74, 6) is -0.0935. The van der Waals surface area contributed by atoms with Gasteiger partial charge in [-0.2, -0.15) is 5.26 Å². The number of hydrogen-bond acceptors (Lipinski definition) is 5. The van der Waals surface area contributed by atoms with Gasteiger partial charge in [-0.1, -0.05) is 24.3 Å². The van der Waals surface area contributed by atoms with E-state index < -0.39 is 5.82 Å². The number of phenols is 1. The van der Waals surface area contributed by atoms with Crippen molar-refractivity contribution in [2.45, 2.75) is 0 Å². The van der Waals surface area contributed by atoms with Crippen LogP contribution in [0.4, 0.5) is 4.39 Å². The van der Waals surface area contributed by atoms with Gasteiger partial charge in [0.05, 0.1) is 29.7 Å². The van der Waals surface area contributed by atoms with Crippen molar-refractivity contribution in [2.24, 2.45) is 0 Å². The molecule has 31 heavy (non-hydrogen) atoms. The van der Waals surface area contributed by atoms with Gasteiger partial charge in [0.1, 0.15) is 17.2 Å². The second-order valence-electron chi connectivity index (χ2n) is 6.73. The first-order valence-electron chi connectivity index (χ1n) is 9.33. The third kappa shape index (κ3) is 3.77. The van der Waals surface area contributed by atoms with Gasteiger partial charge in [-0.05, 0) is 48.0 Å². The summed E-state index contributed by atoms with van der Waals surface area (Å²) in [5.41, 5.74) is 1.50. The second-order valence-corrected chi connectivity index (χ2v) is 6.73. The Hall–Kier alpha value is -4.37. The first-order valence-corrected chi connectivity index (χ1v) is 9.33. The zero-order chi connectivity index (χ0) is 22.0. The molecule has 3 aromatic carbocycles. The van der Waals surface area contributed by atoms with Crippen LogP contribution in [0.15, 0.2) is 69.9 Å². The average molecular weight is 413 g/mol. The minimum absolute atomic E-state index is 0.0599. The van der Waals surface area contributed by atoms with Crippen molar-refractivity contribution in [3.05, 3.63) is 93.6 Å². The van der Waals surface area contributed by atoms with Gasteiger partial charge in [-0.15, -0.1) is 0 Å². The van der Waals surface area contributed by atoms with Gasteiger partial charge in [-0.25, -0.2) is 4.39 Å². The molecule has 152 valence electrons. The third-order valence-electron chi connectivity index (χ3n) is 4.85. The molecule has 1 N–H and O–H groups in total. The summed E-state index contributed by atoms with van der Waals surface area (Å²) >= 11 is 0. The summed E-state index contributed by atoms with van der Waals surface area (Å²) < 4.78 is 24.7. The lowest BCUT2D eigenvalue weighted by molar-refractivity contribution is 0.373. The fourth-order valence-corrected chi connectivity index (χ4v) is 3.29. The summed E-state index contributed by atoms with van der Waals surface area (Å²) in [6, 6.07) is 17.3. The molecule has 4 aromatic rings. The molecule has 0 fully saturated rings. The molecule has 0 amide bonds. The Morgan fingerprint density at radius 2 is 1.87 bits per heavy atom. The highest BCUT2D eigenvalue weighted by atomic mass is 19.1. The van der Waals surface area contributed by atoms with E-state index in [-0.39, 0.29) is 33.5 Å². The average Bonchev–Trinajstić information content (AvgIpc) is 2.78. The fourth-order valence-electron chi connectivity index (χ4n) is 3.29.